The number of rotatable bonds is 4. The van der Waals surface area contributed by atoms with E-state index in [9.17, 15) is 0 Å². The highest BCUT2D eigenvalue weighted by Gasteiger charge is 2.20. The maximum Gasteiger partial charge on any atom is 0.143 e. The van der Waals surface area contributed by atoms with Crippen molar-refractivity contribution in [1.82, 2.24) is 9.97 Å². The van der Waals surface area contributed by atoms with Gasteiger partial charge in [-0.15, -0.1) is 0 Å². The first-order valence-electron chi connectivity index (χ1n) is 6.99. The second-order valence-corrected chi connectivity index (χ2v) is 6.14. The quantitative estimate of drug-likeness (QED) is 0.644. The second kappa shape index (κ2) is 7.38. The minimum Gasteiger partial charge on any atom is -0.378 e. The van der Waals surface area contributed by atoms with Crippen molar-refractivity contribution in [2.24, 2.45) is 0 Å². The van der Waals surface area contributed by atoms with Gasteiger partial charge in [0.05, 0.1) is 15.9 Å². The number of methoxy groups -OCH3 is 1. The van der Waals surface area contributed by atoms with E-state index in [0.29, 0.717) is 12.5 Å². The molecule has 0 aliphatic heterocycles. The predicted octanol–water partition coefficient (Wildman–Crippen LogP) is 3.71. The van der Waals surface area contributed by atoms with Crippen LogP contribution in [0.5, 0.6) is 0 Å². The van der Waals surface area contributed by atoms with Gasteiger partial charge in [0.25, 0.3) is 0 Å². The molecule has 1 aromatic heterocycles. The van der Waals surface area contributed by atoms with E-state index < -0.39 is 0 Å². The van der Waals surface area contributed by atoms with Gasteiger partial charge in [-0.3, -0.25) is 0 Å². The molecule has 0 bridgehead atoms. The third-order valence-corrected chi connectivity index (χ3v) is 4.81. The van der Waals surface area contributed by atoms with Gasteiger partial charge in [0, 0.05) is 20.1 Å². The number of aromatic nitrogens is 2. The Hall–Kier alpha value is -0.430. The summed E-state index contributed by atoms with van der Waals surface area (Å²) in [4.78, 5) is 9.47. The maximum atomic E-state index is 5.25. The minimum atomic E-state index is 0.516. The van der Waals surface area contributed by atoms with E-state index in [1.807, 2.05) is 7.05 Å². The Morgan fingerprint density at radius 2 is 1.89 bits per heavy atom. The molecular formula is C14H22IN3O. The first-order chi connectivity index (χ1) is 9.26. The normalized spacial score (nSPS) is 17.2. The molecule has 1 aliphatic rings. The molecule has 1 fully saturated rings. The summed E-state index contributed by atoms with van der Waals surface area (Å²) < 4.78 is 6.32. The highest BCUT2D eigenvalue weighted by atomic mass is 127. The van der Waals surface area contributed by atoms with E-state index in [-0.39, 0.29) is 0 Å². The van der Waals surface area contributed by atoms with Crippen molar-refractivity contribution in [3.8, 4) is 0 Å². The van der Waals surface area contributed by atoms with E-state index in [0.717, 1.165) is 20.9 Å². The smallest absolute Gasteiger partial charge is 0.143 e. The van der Waals surface area contributed by atoms with Crippen molar-refractivity contribution in [1.29, 1.82) is 0 Å². The standard InChI is InChI=1S/C14H22IN3O/c1-16-14-12(15)11(9-19-2)17-13(18-14)10-7-5-3-4-6-8-10/h10H,3-9H2,1-2H3,(H,16,17,18). The molecule has 0 saturated heterocycles. The van der Waals surface area contributed by atoms with Crippen LogP contribution in [0.2, 0.25) is 0 Å². The van der Waals surface area contributed by atoms with Crippen LogP contribution in [0.25, 0.3) is 0 Å². The molecule has 1 saturated carbocycles. The molecule has 1 heterocycles. The van der Waals surface area contributed by atoms with Crippen LogP contribution in [-0.4, -0.2) is 24.1 Å². The van der Waals surface area contributed by atoms with Gasteiger partial charge in [-0.05, 0) is 35.4 Å². The molecule has 1 N–H and O–H groups in total. The average molecular weight is 375 g/mol. The molecule has 0 unspecified atom stereocenters. The Labute approximate surface area is 128 Å². The molecule has 1 aliphatic carbocycles. The van der Waals surface area contributed by atoms with E-state index in [2.05, 4.69) is 27.9 Å². The van der Waals surface area contributed by atoms with Crippen molar-refractivity contribution in [3.63, 3.8) is 0 Å². The van der Waals surface area contributed by atoms with Crippen LogP contribution >= 0.6 is 22.6 Å². The van der Waals surface area contributed by atoms with Gasteiger partial charge in [0.15, 0.2) is 0 Å². The Bertz CT molecular complexity index is 417. The van der Waals surface area contributed by atoms with Gasteiger partial charge < -0.3 is 10.1 Å². The number of anilines is 1. The van der Waals surface area contributed by atoms with E-state index in [4.69, 9.17) is 14.7 Å². The molecule has 1 aromatic rings. The lowest BCUT2D eigenvalue weighted by Crippen LogP contribution is -2.11. The SMILES string of the molecule is CNc1nc(C2CCCCCC2)nc(COC)c1I. The molecular weight excluding hydrogens is 353 g/mol. The van der Waals surface area contributed by atoms with Crippen LogP contribution in [0.3, 0.4) is 0 Å². The first kappa shape index (κ1) is 15.0. The molecule has 4 nitrogen and oxygen atoms in total. The van der Waals surface area contributed by atoms with Crippen molar-refractivity contribution >= 4 is 28.4 Å². The van der Waals surface area contributed by atoms with Gasteiger partial charge in [0.1, 0.15) is 11.6 Å². The Kier molecular flexibility index (Phi) is 5.81. The number of hydrogen-bond donors (Lipinski definition) is 1. The second-order valence-electron chi connectivity index (χ2n) is 5.06. The van der Waals surface area contributed by atoms with Crippen LogP contribution in [-0.2, 0) is 11.3 Å². The summed E-state index contributed by atoms with van der Waals surface area (Å²) in [6.07, 6.45) is 7.74. The van der Waals surface area contributed by atoms with Gasteiger partial charge in [0.2, 0.25) is 0 Å². The van der Waals surface area contributed by atoms with E-state index >= 15 is 0 Å². The summed E-state index contributed by atoms with van der Waals surface area (Å²) in [5.74, 6) is 2.45. The molecule has 0 aromatic carbocycles. The number of hydrogen-bond acceptors (Lipinski definition) is 4. The molecule has 19 heavy (non-hydrogen) atoms. The fourth-order valence-corrected chi connectivity index (χ4v) is 3.30. The van der Waals surface area contributed by atoms with Crippen LogP contribution in [0.1, 0.15) is 56.0 Å². The third kappa shape index (κ3) is 3.78. The van der Waals surface area contributed by atoms with Crippen molar-refractivity contribution in [2.45, 2.75) is 51.0 Å². The maximum absolute atomic E-state index is 5.25. The van der Waals surface area contributed by atoms with Gasteiger partial charge in [-0.25, -0.2) is 9.97 Å². The summed E-state index contributed by atoms with van der Waals surface area (Å²) in [5.41, 5.74) is 1.00. The van der Waals surface area contributed by atoms with Gasteiger partial charge >= 0.3 is 0 Å². The highest BCUT2D eigenvalue weighted by molar-refractivity contribution is 14.1. The van der Waals surface area contributed by atoms with Gasteiger partial charge in [-0.1, -0.05) is 25.7 Å². The van der Waals surface area contributed by atoms with Crippen LogP contribution in [0.15, 0.2) is 0 Å². The van der Waals surface area contributed by atoms with Crippen molar-refractivity contribution in [3.05, 3.63) is 15.1 Å². The summed E-state index contributed by atoms with van der Waals surface area (Å²) in [7, 11) is 3.63. The number of ether oxygens (including phenoxy) is 1. The third-order valence-electron chi connectivity index (χ3n) is 3.68. The topological polar surface area (TPSA) is 47.0 Å². The van der Waals surface area contributed by atoms with Crippen molar-refractivity contribution < 1.29 is 4.74 Å². The zero-order chi connectivity index (χ0) is 13.7. The molecule has 0 amide bonds. The van der Waals surface area contributed by atoms with Crippen LogP contribution in [0, 0.1) is 3.57 Å². The zero-order valence-corrected chi connectivity index (χ0v) is 13.9. The first-order valence-corrected chi connectivity index (χ1v) is 8.07. The number of nitrogens with one attached hydrogen (secondary N) is 1. The Balaban J connectivity index is 2.30. The minimum absolute atomic E-state index is 0.516. The molecule has 0 radical (unpaired) electrons. The Morgan fingerprint density at radius 3 is 2.47 bits per heavy atom. The fraction of sp³-hybridized carbons (Fsp3) is 0.714. The Morgan fingerprint density at radius 1 is 1.21 bits per heavy atom. The zero-order valence-electron chi connectivity index (χ0n) is 11.7. The largest absolute Gasteiger partial charge is 0.378 e. The molecule has 0 spiro atoms. The summed E-state index contributed by atoms with van der Waals surface area (Å²) in [6, 6.07) is 0. The monoisotopic (exact) mass is 375 g/mol. The lowest BCUT2D eigenvalue weighted by molar-refractivity contribution is 0.180. The molecule has 5 heteroatoms. The molecule has 2 rings (SSSR count). The average Bonchev–Trinajstić information content (AvgIpc) is 2.70. The highest BCUT2D eigenvalue weighted by Crippen LogP contribution is 2.31. The summed E-state index contributed by atoms with van der Waals surface area (Å²) in [5, 5.41) is 3.18. The van der Waals surface area contributed by atoms with Crippen molar-refractivity contribution in [2.75, 3.05) is 19.5 Å². The van der Waals surface area contributed by atoms with Gasteiger partial charge in [-0.2, -0.15) is 0 Å². The lowest BCUT2D eigenvalue weighted by Gasteiger charge is -2.16. The lowest BCUT2D eigenvalue weighted by atomic mass is 9.99. The van der Waals surface area contributed by atoms with E-state index in [1.165, 1.54) is 38.5 Å². The number of nitrogens with zero attached hydrogens (tertiary/aromatic N) is 2. The van der Waals surface area contributed by atoms with E-state index in [1.54, 1.807) is 7.11 Å². The fourth-order valence-electron chi connectivity index (χ4n) is 2.63. The molecule has 0 atom stereocenters. The predicted molar refractivity (Wildman–Crippen MR) is 85.5 cm³/mol. The number of halogens is 1. The summed E-state index contributed by atoms with van der Waals surface area (Å²) in [6.45, 7) is 0.551. The van der Waals surface area contributed by atoms with Crippen LogP contribution < -0.4 is 5.32 Å². The molecule has 106 valence electrons. The summed E-state index contributed by atoms with van der Waals surface area (Å²) >= 11 is 2.29. The van der Waals surface area contributed by atoms with Crippen LogP contribution in [0.4, 0.5) is 5.82 Å².